The van der Waals surface area contributed by atoms with Crippen molar-refractivity contribution in [1.82, 2.24) is 9.78 Å². The number of hydrogen-bond donors (Lipinski definition) is 1. The molecule has 0 amide bonds. The lowest BCUT2D eigenvalue weighted by Gasteiger charge is -2.48. The number of aromatic nitrogens is 2. The highest BCUT2D eigenvalue weighted by atomic mass is 16.5. The van der Waals surface area contributed by atoms with Crippen LogP contribution in [0.5, 0.6) is 0 Å². The molecule has 2 aliphatic rings. The normalized spacial score (nSPS) is 37.4. The summed E-state index contributed by atoms with van der Waals surface area (Å²) in [7, 11) is 1.83. The van der Waals surface area contributed by atoms with Crippen LogP contribution in [0.1, 0.15) is 38.2 Å². The Morgan fingerprint density at radius 2 is 2.23 bits per heavy atom. The largest absolute Gasteiger partial charge is 0.358 e. The number of fused-ring (bicyclic) bond motifs is 1. The third kappa shape index (κ3) is 2.44. The summed E-state index contributed by atoms with van der Waals surface area (Å²) in [6, 6.07) is 2.25. The Labute approximate surface area is 130 Å². The summed E-state index contributed by atoms with van der Waals surface area (Å²) in [6.07, 6.45) is 4.02. The van der Waals surface area contributed by atoms with Gasteiger partial charge >= 0.3 is 0 Å². The molecule has 5 atom stereocenters. The molecule has 6 nitrogen and oxygen atoms in total. The average molecular weight is 302 g/mol. The second-order valence-electron chi connectivity index (χ2n) is 7.30. The molecule has 1 aliphatic heterocycles. The van der Waals surface area contributed by atoms with Crippen LogP contribution in [0.3, 0.4) is 0 Å². The first kappa shape index (κ1) is 15.2. The van der Waals surface area contributed by atoms with Crippen molar-refractivity contribution in [3.63, 3.8) is 0 Å². The molecule has 3 rings (SSSR count). The van der Waals surface area contributed by atoms with Crippen LogP contribution < -0.4 is 5.73 Å². The van der Waals surface area contributed by atoms with Crippen molar-refractivity contribution < 1.29 is 9.53 Å². The number of carbonyl (C=O) groups is 1. The summed E-state index contributed by atoms with van der Waals surface area (Å²) >= 11 is 0. The van der Waals surface area contributed by atoms with Gasteiger partial charge in [-0.25, -0.2) is 0 Å². The topological polar surface area (TPSA) is 93.9 Å². The lowest BCUT2D eigenvalue weighted by molar-refractivity contribution is -0.163. The molecule has 22 heavy (non-hydrogen) atoms. The molecule has 0 aromatic carbocycles. The zero-order chi connectivity index (χ0) is 16.1. The number of aryl methyl sites for hydroxylation is 1. The van der Waals surface area contributed by atoms with Crippen molar-refractivity contribution in [3.8, 4) is 6.07 Å². The molecular formula is C16H22N4O2. The minimum Gasteiger partial charge on any atom is -0.358 e. The van der Waals surface area contributed by atoms with E-state index in [1.165, 1.54) is 0 Å². The van der Waals surface area contributed by atoms with E-state index in [1.807, 2.05) is 13.2 Å². The molecule has 0 unspecified atom stereocenters. The molecule has 2 fully saturated rings. The highest BCUT2D eigenvalue weighted by molar-refractivity contribution is 5.84. The van der Waals surface area contributed by atoms with Gasteiger partial charge in [-0.05, 0) is 17.4 Å². The van der Waals surface area contributed by atoms with Gasteiger partial charge in [0.05, 0.1) is 30.2 Å². The van der Waals surface area contributed by atoms with E-state index in [1.54, 1.807) is 10.9 Å². The Bertz CT molecular complexity index is 630. The number of carbonyl (C=O) groups excluding carboxylic acids is 1. The highest BCUT2D eigenvalue weighted by Crippen LogP contribution is 2.49. The van der Waals surface area contributed by atoms with Crippen LogP contribution in [0.2, 0.25) is 0 Å². The molecule has 118 valence electrons. The highest BCUT2D eigenvalue weighted by Gasteiger charge is 2.53. The number of nitriles is 1. The maximum absolute atomic E-state index is 12.7. The Morgan fingerprint density at radius 3 is 2.82 bits per heavy atom. The number of nitrogens with zero attached hydrogens (tertiary/aromatic N) is 3. The number of hydrogen-bond acceptors (Lipinski definition) is 5. The summed E-state index contributed by atoms with van der Waals surface area (Å²) in [4.78, 5) is 12.7. The predicted molar refractivity (Wildman–Crippen MR) is 79.4 cm³/mol. The number of ketones is 1. The van der Waals surface area contributed by atoms with Gasteiger partial charge in [-0.1, -0.05) is 13.8 Å². The molecular weight excluding hydrogens is 280 g/mol. The van der Waals surface area contributed by atoms with Crippen molar-refractivity contribution in [2.24, 2.45) is 30.0 Å². The second-order valence-corrected chi connectivity index (χ2v) is 7.30. The van der Waals surface area contributed by atoms with Crippen LogP contribution >= 0.6 is 0 Å². The van der Waals surface area contributed by atoms with Crippen LogP contribution in [0.25, 0.3) is 0 Å². The van der Waals surface area contributed by atoms with Gasteiger partial charge in [0.15, 0.2) is 0 Å². The van der Waals surface area contributed by atoms with Crippen molar-refractivity contribution >= 4 is 5.78 Å². The van der Waals surface area contributed by atoms with Crippen molar-refractivity contribution in [1.29, 1.82) is 5.26 Å². The van der Waals surface area contributed by atoms with Gasteiger partial charge in [0.2, 0.25) is 0 Å². The number of nitrogens with two attached hydrogens (primary N) is 1. The predicted octanol–water partition coefficient (Wildman–Crippen LogP) is 1.33. The monoisotopic (exact) mass is 302 g/mol. The Balaban J connectivity index is 2.03. The van der Waals surface area contributed by atoms with E-state index in [2.05, 4.69) is 25.0 Å². The van der Waals surface area contributed by atoms with Gasteiger partial charge in [-0.3, -0.25) is 9.48 Å². The lowest BCUT2D eigenvalue weighted by atomic mass is 9.62. The fraction of sp³-hybridized carbons (Fsp3) is 0.688. The number of ether oxygens (including phenoxy) is 1. The molecule has 1 saturated carbocycles. The summed E-state index contributed by atoms with van der Waals surface area (Å²) in [6.45, 7) is 4.15. The third-order valence-corrected chi connectivity index (χ3v) is 4.90. The zero-order valence-electron chi connectivity index (χ0n) is 13.2. The molecule has 0 bridgehead atoms. The standard InChI is InChI=1S/C16H22N4O2/c1-16(2)4-11(21)14-12(5-16)22-15(18)10(6-17)13(14)9-7-19-20(3)8-9/h7-8,10,12-15H,4-5,18H2,1-3H3/t10-,12+,13+,14+,15+/m0/s1. The number of rotatable bonds is 1. The first-order valence-corrected chi connectivity index (χ1v) is 7.64. The third-order valence-electron chi connectivity index (χ3n) is 4.90. The maximum Gasteiger partial charge on any atom is 0.139 e. The first-order valence-electron chi connectivity index (χ1n) is 7.64. The minimum atomic E-state index is -0.668. The first-order chi connectivity index (χ1) is 10.3. The maximum atomic E-state index is 12.7. The zero-order valence-corrected chi connectivity index (χ0v) is 13.2. The molecule has 1 aromatic heterocycles. The Morgan fingerprint density at radius 1 is 1.50 bits per heavy atom. The second kappa shape index (κ2) is 5.18. The van der Waals surface area contributed by atoms with Crippen molar-refractivity contribution in [3.05, 3.63) is 18.0 Å². The molecule has 1 aliphatic carbocycles. The van der Waals surface area contributed by atoms with Crippen LogP contribution in [0.15, 0.2) is 12.4 Å². The summed E-state index contributed by atoms with van der Waals surface area (Å²) in [5.74, 6) is -0.907. The van der Waals surface area contributed by atoms with Crippen LogP contribution in [0, 0.1) is 28.6 Å². The Hall–Kier alpha value is -1.71. The molecule has 1 saturated heterocycles. The minimum absolute atomic E-state index is 0.0864. The lowest BCUT2D eigenvalue weighted by Crippen LogP contribution is -2.56. The van der Waals surface area contributed by atoms with Crippen LogP contribution in [-0.2, 0) is 16.6 Å². The van der Waals surface area contributed by atoms with E-state index >= 15 is 0 Å². The van der Waals surface area contributed by atoms with E-state index in [-0.39, 0.29) is 29.1 Å². The van der Waals surface area contributed by atoms with Crippen molar-refractivity contribution in [2.75, 3.05) is 0 Å². The fourth-order valence-corrected chi connectivity index (χ4v) is 4.00. The van der Waals surface area contributed by atoms with Gasteiger partial charge < -0.3 is 10.5 Å². The summed E-state index contributed by atoms with van der Waals surface area (Å²) < 4.78 is 7.56. The van der Waals surface area contributed by atoms with E-state index in [0.717, 1.165) is 12.0 Å². The molecule has 2 N–H and O–H groups in total. The quantitative estimate of drug-likeness (QED) is 0.844. The molecule has 0 spiro atoms. The van der Waals surface area contributed by atoms with E-state index in [4.69, 9.17) is 10.5 Å². The van der Waals surface area contributed by atoms with E-state index < -0.39 is 12.1 Å². The molecule has 1 aromatic rings. The summed E-state index contributed by atoms with van der Waals surface area (Å²) in [5, 5.41) is 13.7. The smallest absolute Gasteiger partial charge is 0.139 e. The fourth-order valence-electron chi connectivity index (χ4n) is 4.00. The van der Waals surface area contributed by atoms with E-state index in [0.29, 0.717) is 6.42 Å². The van der Waals surface area contributed by atoms with Gasteiger partial charge in [-0.15, -0.1) is 0 Å². The van der Waals surface area contributed by atoms with Crippen molar-refractivity contribution in [2.45, 2.75) is 44.9 Å². The van der Waals surface area contributed by atoms with Crippen LogP contribution in [0.4, 0.5) is 0 Å². The summed E-state index contributed by atoms with van der Waals surface area (Å²) in [5.41, 5.74) is 6.89. The van der Waals surface area contributed by atoms with Crippen LogP contribution in [-0.4, -0.2) is 27.9 Å². The van der Waals surface area contributed by atoms with Gasteiger partial charge in [-0.2, -0.15) is 10.4 Å². The SMILES string of the molecule is Cn1cc([C@@H]2[C@H](C#N)[C@H](N)O[C@@H]3CC(C)(C)CC(=O)[C@@H]23)cn1. The van der Waals surface area contributed by atoms with E-state index in [9.17, 15) is 10.1 Å². The van der Waals surface area contributed by atoms with Gasteiger partial charge in [0.1, 0.15) is 12.0 Å². The number of Topliss-reactive ketones (excluding diaryl/α,β-unsaturated/α-hetero) is 1. The average Bonchev–Trinajstić information content (AvgIpc) is 2.82. The van der Waals surface area contributed by atoms with Gasteiger partial charge in [0.25, 0.3) is 0 Å². The molecule has 2 heterocycles. The molecule has 0 radical (unpaired) electrons. The Kier molecular flexibility index (Phi) is 3.58. The van der Waals surface area contributed by atoms with Gasteiger partial charge in [0, 0.05) is 25.6 Å². The molecule has 6 heteroatoms.